The highest BCUT2D eigenvalue weighted by Gasteiger charge is 2.08. The van der Waals surface area contributed by atoms with E-state index in [1.165, 1.54) is 12.3 Å². The summed E-state index contributed by atoms with van der Waals surface area (Å²) in [5.74, 6) is -0.459. The Morgan fingerprint density at radius 2 is 2.14 bits per heavy atom. The fourth-order valence-corrected chi connectivity index (χ4v) is 1.96. The third-order valence-corrected chi connectivity index (χ3v) is 2.95. The normalized spacial score (nSPS) is 10.8. The van der Waals surface area contributed by atoms with E-state index in [-0.39, 0.29) is 10.5 Å². The average molecular weight is 323 g/mol. The maximum atomic E-state index is 12.9. The van der Waals surface area contributed by atoms with Crippen molar-refractivity contribution in [1.29, 1.82) is 0 Å². The second-order valence-electron chi connectivity index (χ2n) is 2.78. The first-order valence-electron chi connectivity index (χ1n) is 3.75. The highest BCUT2D eigenvalue weighted by Crippen LogP contribution is 2.21. The van der Waals surface area contributed by atoms with Gasteiger partial charge < -0.3 is 4.98 Å². The van der Waals surface area contributed by atoms with Gasteiger partial charge in [0.1, 0.15) is 5.82 Å². The van der Waals surface area contributed by atoms with Crippen LogP contribution in [-0.2, 0) is 0 Å². The van der Waals surface area contributed by atoms with Gasteiger partial charge in [-0.05, 0) is 34.7 Å². The van der Waals surface area contributed by atoms with Crippen LogP contribution in [0.1, 0.15) is 0 Å². The predicted octanol–water partition coefficient (Wildman–Crippen LogP) is 2.93. The SMILES string of the molecule is O=c1c(I)c[nH]c2cc(F)cc(Cl)c12. The first kappa shape index (κ1) is 9.92. The minimum absolute atomic E-state index is 0.139. The standard InChI is InChI=1S/C9H4ClFINO/c10-5-1-4(11)2-7-8(5)9(14)6(12)3-13-7/h1-3H,(H,13,14). The Morgan fingerprint density at radius 3 is 2.86 bits per heavy atom. The number of rotatable bonds is 0. The highest BCUT2D eigenvalue weighted by molar-refractivity contribution is 14.1. The fourth-order valence-electron chi connectivity index (χ4n) is 1.24. The molecule has 0 spiro atoms. The van der Waals surface area contributed by atoms with Crippen molar-refractivity contribution in [2.45, 2.75) is 0 Å². The van der Waals surface area contributed by atoms with Crippen molar-refractivity contribution >= 4 is 45.1 Å². The van der Waals surface area contributed by atoms with Crippen LogP contribution in [0.25, 0.3) is 10.9 Å². The van der Waals surface area contributed by atoms with Gasteiger partial charge in [0.05, 0.1) is 19.5 Å². The van der Waals surface area contributed by atoms with Crippen LogP contribution in [0.15, 0.2) is 23.1 Å². The number of pyridine rings is 1. The van der Waals surface area contributed by atoms with E-state index in [1.807, 2.05) is 22.6 Å². The molecular weight excluding hydrogens is 319 g/mol. The summed E-state index contributed by atoms with van der Waals surface area (Å²) < 4.78 is 13.5. The first-order chi connectivity index (χ1) is 6.59. The number of hydrogen-bond donors (Lipinski definition) is 1. The number of aromatic nitrogens is 1. The van der Waals surface area contributed by atoms with Crippen LogP contribution in [0.5, 0.6) is 0 Å². The summed E-state index contributed by atoms with van der Waals surface area (Å²) in [4.78, 5) is 14.4. The van der Waals surface area contributed by atoms with Crippen LogP contribution in [0.4, 0.5) is 4.39 Å². The van der Waals surface area contributed by atoms with E-state index in [0.29, 0.717) is 14.5 Å². The van der Waals surface area contributed by atoms with Crippen molar-refractivity contribution < 1.29 is 4.39 Å². The van der Waals surface area contributed by atoms with Crippen LogP contribution < -0.4 is 5.43 Å². The number of aromatic amines is 1. The summed E-state index contributed by atoms with van der Waals surface area (Å²) in [6.07, 6.45) is 1.53. The Morgan fingerprint density at radius 1 is 1.43 bits per heavy atom. The van der Waals surface area contributed by atoms with E-state index < -0.39 is 5.82 Å². The lowest BCUT2D eigenvalue weighted by atomic mass is 10.2. The number of fused-ring (bicyclic) bond motifs is 1. The number of hydrogen-bond acceptors (Lipinski definition) is 1. The van der Waals surface area contributed by atoms with Crippen molar-refractivity contribution in [3.8, 4) is 0 Å². The van der Waals surface area contributed by atoms with E-state index in [1.54, 1.807) is 0 Å². The zero-order valence-corrected chi connectivity index (χ0v) is 9.69. The third-order valence-electron chi connectivity index (χ3n) is 1.85. The summed E-state index contributed by atoms with van der Waals surface area (Å²) in [5.41, 5.74) is 0.241. The molecule has 5 heteroatoms. The summed E-state index contributed by atoms with van der Waals surface area (Å²) in [6.45, 7) is 0. The van der Waals surface area contributed by atoms with Crippen molar-refractivity contribution in [2.24, 2.45) is 0 Å². The van der Waals surface area contributed by atoms with Crippen LogP contribution in [0.3, 0.4) is 0 Å². The van der Waals surface area contributed by atoms with Gasteiger partial charge in [-0.1, -0.05) is 11.6 Å². The molecule has 0 aliphatic rings. The van der Waals surface area contributed by atoms with Gasteiger partial charge >= 0.3 is 0 Å². The zero-order valence-electron chi connectivity index (χ0n) is 6.77. The molecular formula is C9H4ClFINO. The molecule has 0 aliphatic carbocycles. The molecule has 0 bridgehead atoms. The van der Waals surface area contributed by atoms with Crippen LogP contribution >= 0.6 is 34.2 Å². The minimum Gasteiger partial charge on any atom is -0.360 e. The summed E-state index contributed by atoms with van der Waals surface area (Å²) >= 11 is 7.68. The number of H-pyrrole nitrogens is 1. The molecule has 0 atom stereocenters. The Kier molecular flexibility index (Phi) is 2.48. The smallest absolute Gasteiger partial charge is 0.204 e. The molecule has 72 valence electrons. The third kappa shape index (κ3) is 1.52. The molecule has 0 fully saturated rings. The van der Waals surface area contributed by atoms with Crippen molar-refractivity contribution in [3.05, 3.63) is 43.0 Å². The molecule has 0 saturated heterocycles. The van der Waals surface area contributed by atoms with Gasteiger partial charge in [-0.25, -0.2) is 4.39 Å². The van der Waals surface area contributed by atoms with Gasteiger partial charge in [-0.15, -0.1) is 0 Å². The number of halogens is 3. The molecule has 0 saturated carbocycles. The number of nitrogens with one attached hydrogen (secondary N) is 1. The van der Waals surface area contributed by atoms with Crippen molar-refractivity contribution in [2.75, 3.05) is 0 Å². The predicted molar refractivity (Wildman–Crippen MR) is 62.3 cm³/mol. The van der Waals surface area contributed by atoms with E-state index in [9.17, 15) is 9.18 Å². The summed E-state index contributed by atoms with van der Waals surface area (Å²) in [7, 11) is 0. The zero-order chi connectivity index (χ0) is 10.3. The molecule has 2 nitrogen and oxygen atoms in total. The quantitative estimate of drug-likeness (QED) is 0.743. The molecule has 2 rings (SSSR count). The lowest BCUT2D eigenvalue weighted by Crippen LogP contribution is -2.07. The highest BCUT2D eigenvalue weighted by atomic mass is 127. The van der Waals surface area contributed by atoms with Gasteiger partial charge in [-0.2, -0.15) is 0 Å². The van der Waals surface area contributed by atoms with Crippen LogP contribution in [-0.4, -0.2) is 4.98 Å². The number of benzene rings is 1. The molecule has 0 amide bonds. The Balaban J connectivity index is 3.03. The maximum absolute atomic E-state index is 12.9. The average Bonchev–Trinajstić information content (AvgIpc) is 2.10. The van der Waals surface area contributed by atoms with E-state index >= 15 is 0 Å². The topological polar surface area (TPSA) is 32.9 Å². The monoisotopic (exact) mass is 323 g/mol. The van der Waals surface area contributed by atoms with Gasteiger partial charge in [0.25, 0.3) is 0 Å². The molecule has 1 heterocycles. The largest absolute Gasteiger partial charge is 0.360 e. The van der Waals surface area contributed by atoms with Gasteiger partial charge in [0, 0.05) is 6.20 Å². The lowest BCUT2D eigenvalue weighted by molar-refractivity contribution is 0.629. The molecule has 1 aromatic carbocycles. The molecule has 14 heavy (non-hydrogen) atoms. The summed E-state index contributed by atoms with van der Waals surface area (Å²) in [5, 5.41) is 0.472. The van der Waals surface area contributed by atoms with Crippen LogP contribution in [0.2, 0.25) is 5.02 Å². The van der Waals surface area contributed by atoms with Gasteiger partial charge in [-0.3, -0.25) is 4.79 Å². The minimum atomic E-state index is -0.459. The van der Waals surface area contributed by atoms with Crippen LogP contribution in [0, 0.1) is 9.39 Å². The molecule has 0 unspecified atom stereocenters. The summed E-state index contributed by atoms with van der Waals surface area (Å²) in [6, 6.07) is 2.38. The first-order valence-corrected chi connectivity index (χ1v) is 5.21. The second-order valence-corrected chi connectivity index (χ2v) is 4.35. The molecule has 1 aromatic heterocycles. The van der Waals surface area contributed by atoms with E-state index in [4.69, 9.17) is 11.6 Å². The molecule has 0 radical (unpaired) electrons. The van der Waals surface area contributed by atoms with E-state index in [2.05, 4.69) is 4.98 Å². The molecule has 2 aromatic rings. The van der Waals surface area contributed by atoms with Crippen molar-refractivity contribution in [3.63, 3.8) is 0 Å². The maximum Gasteiger partial charge on any atom is 0.204 e. The van der Waals surface area contributed by atoms with Gasteiger partial charge in [0.2, 0.25) is 5.43 Å². The Bertz CT molecular complexity index is 566. The molecule has 1 N–H and O–H groups in total. The molecule has 0 aliphatic heterocycles. The fraction of sp³-hybridized carbons (Fsp3) is 0. The van der Waals surface area contributed by atoms with E-state index in [0.717, 1.165) is 6.07 Å². The Hall–Kier alpha value is -0.620. The second kappa shape index (κ2) is 3.51. The Labute approximate surface area is 97.2 Å². The van der Waals surface area contributed by atoms with Gasteiger partial charge in [0.15, 0.2) is 0 Å². The lowest BCUT2D eigenvalue weighted by Gasteiger charge is -2.00. The van der Waals surface area contributed by atoms with Crippen molar-refractivity contribution in [1.82, 2.24) is 4.98 Å².